The van der Waals surface area contributed by atoms with Crippen molar-refractivity contribution < 1.29 is 17.9 Å². The van der Waals surface area contributed by atoms with Gasteiger partial charge in [-0.1, -0.05) is 41.4 Å². The van der Waals surface area contributed by atoms with Crippen LogP contribution in [-0.2, 0) is 20.6 Å². The Morgan fingerprint density at radius 2 is 1.93 bits per heavy atom. The van der Waals surface area contributed by atoms with E-state index in [1.165, 1.54) is 11.4 Å². The molecule has 29 heavy (non-hydrogen) atoms. The summed E-state index contributed by atoms with van der Waals surface area (Å²) in [4.78, 5) is 12.7. The molecule has 1 amide bonds. The number of anilines is 1. The standard InChI is InChI=1S/C21H25ClN2O4S/c1-15-4-3-5-16(12-15)14-29(26,27)24-10-8-17(9-11-24)21(25)23-19-13-18(22)6-7-20(19)28-2/h3-7,12-13,17H,8-11,14H2,1-2H3,(H,23,25). The molecule has 0 aromatic heterocycles. The first-order valence-corrected chi connectivity index (χ1v) is 11.4. The van der Waals surface area contributed by atoms with Crippen LogP contribution in [0.5, 0.6) is 5.75 Å². The predicted molar refractivity (Wildman–Crippen MR) is 115 cm³/mol. The Morgan fingerprint density at radius 3 is 2.59 bits per heavy atom. The smallest absolute Gasteiger partial charge is 0.227 e. The van der Waals surface area contributed by atoms with Crippen LogP contribution in [0, 0.1) is 12.8 Å². The number of methoxy groups -OCH3 is 1. The maximum absolute atomic E-state index is 12.7. The number of nitrogens with zero attached hydrogens (tertiary/aromatic N) is 1. The first-order chi connectivity index (χ1) is 13.8. The van der Waals surface area contributed by atoms with Crippen molar-refractivity contribution in [2.24, 2.45) is 5.92 Å². The molecule has 0 atom stereocenters. The molecule has 1 N–H and O–H groups in total. The highest BCUT2D eigenvalue weighted by Crippen LogP contribution is 2.29. The summed E-state index contributed by atoms with van der Waals surface area (Å²) in [5.41, 5.74) is 2.32. The summed E-state index contributed by atoms with van der Waals surface area (Å²) in [7, 11) is -1.89. The summed E-state index contributed by atoms with van der Waals surface area (Å²) < 4.78 is 32.2. The van der Waals surface area contributed by atoms with Crippen molar-refractivity contribution >= 4 is 33.2 Å². The molecule has 0 radical (unpaired) electrons. The minimum atomic E-state index is -3.41. The number of carbonyl (C=O) groups is 1. The van der Waals surface area contributed by atoms with Gasteiger partial charge in [0.2, 0.25) is 15.9 Å². The molecule has 8 heteroatoms. The molecule has 1 aliphatic heterocycles. The van der Waals surface area contributed by atoms with Crippen molar-refractivity contribution in [3.63, 3.8) is 0 Å². The predicted octanol–water partition coefficient (Wildman–Crippen LogP) is 3.84. The van der Waals surface area contributed by atoms with Crippen LogP contribution in [0.4, 0.5) is 5.69 Å². The van der Waals surface area contributed by atoms with Crippen molar-refractivity contribution in [2.75, 3.05) is 25.5 Å². The fourth-order valence-electron chi connectivity index (χ4n) is 3.51. The summed E-state index contributed by atoms with van der Waals surface area (Å²) in [6.45, 7) is 2.60. The van der Waals surface area contributed by atoms with Crippen LogP contribution in [0.3, 0.4) is 0 Å². The maximum Gasteiger partial charge on any atom is 0.227 e. The molecule has 2 aromatic carbocycles. The molecule has 0 spiro atoms. The number of amides is 1. The van der Waals surface area contributed by atoms with Crippen molar-refractivity contribution in [3.8, 4) is 5.75 Å². The number of ether oxygens (including phenoxy) is 1. The highest BCUT2D eigenvalue weighted by molar-refractivity contribution is 7.88. The molecule has 0 saturated carbocycles. The van der Waals surface area contributed by atoms with E-state index in [1.54, 1.807) is 18.2 Å². The Balaban J connectivity index is 1.60. The average Bonchev–Trinajstić information content (AvgIpc) is 2.68. The van der Waals surface area contributed by atoms with Crippen LogP contribution in [-0.4, -0.2) is 38.8 Å². The molecule has 0 bridgehead atoms. The van der Waals surface area contributed by atoms with Crippen molar-refractivity contribution in [1.29, 1.82) is 0 Å². The second-order valence-corrected chi connectivity index (χ2v) is 9.66. The van der Waals surface area contributed by atoms with Crippen LogP contribution in [0.1, 0.15) is 24.0 Å². The van der Waals surface area contributed by atoms with E-state index in [4.69, 9.17) is 16.3 Å². The number of carbonyl (C=O) groups excluding carboxylic acids is 1. The number of hydrogen-bond acceptors (Lipinski definition) is 4. The third kappa shape index (κ3) is 5.50. The monoisotopic (exact) mass is 436 g/mol. The third-order valence-electron chi connectivity index (χ3n) is 5.07. The molecule has 1 saturated heterocycles. The summed E-state index contributed by atoms with van der Waals surface area (Å²) in [5, 5.41) is 3.35. The number of halogens is 1. The van der Waals surface area contributed by atoms with E-state index in [2.05, 4.69) is 5.32 Å². The lowest BCUT2D eigenvalue weighted by Gasteiger charge is -2.30. The summed E-state index contributed by atoms with van der Waals surface area (Å²) >= 11 is 6.01. The first kappa shape index (κ1) is 21.6. The molecule has 156 valence electrons. The minimum absolute atomic E-state index is 0.0226. The Bertz CT molecular complexity index is 986. The van der Waals surface area contributed by atoms with E-state index in [0.717, 1.165) is 11.1 Å². The zero-order chi connectivity index (χ0) is 21.0. The Hall–Kier alpha value is -2.09. The largest absolute Gasteiger partial charge is 0.495 e. The number of sulfonamides is 1. The molecule has 6 nitrogen and oxygen atoms in total. The van der Waals surface area contributed by atoms with E-state index in [1.807, 2.05) is 31.2 Å². The van der Waals surface area contributed by atoms with Gasteiger partial charge in [-0.3, -0.25) is 4.79 Å². The molecule has 0 unspecified atom stereocenters. The third-order valence-corrected chi connectivity index (χ3v) is 7.15. The van der Waals surface area contributed by atoms with Gasteiger partial charge in [0, 0.05) is 24.0 Å². The number of hydrogen-bond donors (Lipinski definition) is 1. The number of aryl methyl sites for hydroxylation is 1. The Kier molecular flexibility index (Phi) is 6.82. The fraction of sp³-hybridized carbons (Fsp3) is 0.381. The first-order valence-electron chi connectivity index (χ1n) is 9.46. The van der Waals surface area contributed by atoms with Crippen LogP contribution in [0.2, 0.25) is 5.02 Å². The molecule has 0 aliphatic carbocycles. The summed E-state index contributed by atoms with van der Waals surface area (Å²) in [6.07, 6.45) is 0.948. The van der Waals surface area contributed by atoms with Gasteiger partial charge in [0.15, 0.2) is 0 Å². The lowest BCUT2D eigenvalue weighted by molar-refractivity contribution is -0.120. The quantitative estimate of drug-likeness (QED) is 0.746. The lowest BCUT2D eigenvalue weighted by Crippen LogP contribution is -2.41. The van der Waals surface area contributed by atoms with E-state index in [-0.39, 0.29) is 17.6 Å². The SMILES string of the molecule is COc1ccc(Cl)cc1NC(=O)C1CCN(S(=O)(=O)Cc2cccc(C)c2)CC1. The van der Waals surface area contributed by atoms with Gasteiger partial charge in [-0.15, -0.1) is 0 Å². The van der Waals surface area contributed by atoms with E-state index >= 15 is 0 Å². The van der Waals surface area contributed by atoms with Crippen LogP contribution >= 0.6 is 11.6 Å². The average molecular weight is 437 g/mol. The zero-order valence-corrected chi connectivity index (χ0v) is 18.1. The second-order valence-electron chi connectivity index (χ2n) is 7.25. The van der Waals surface area contributed by atoms with Crippen molar-refractivity contribution in [2.45, 2.75) is 25.5 Å². The van der Waals surface area contributed by atoms with E-state index in [9.17, 15) is 13.2 Å². The Labute approximate surface area is 176 Å². The number of piperidine rings is 1. The lowest BCUT2D eigenvalue weighted by atomic mass is 9.97. The van der Waals surface area contributed by atoms with Gasteiger partial charge in [0.05, 0.1) is 18.6 Å². The van der Waals surface area contributed by atoms with E-state index in [0.29, 0.717) is 42.4 Å². The van der Waals surface area contributed by atoms with Gasteiger partial charge in [0.25, 0.3) is 0 Å². The molecular formula is C21H25ClN2O4S. The maximum atomic E-state index is 12.7. The summed E-state index contributed by atoms with van der Waals surface area (Å²) in [5.74, 6) is 0.0944. The molecule has 1 fully saturated rings. The topological polar surface area (TPSA) is 75.7 Å². The number of benzene rings is 2. The van der Waals surface area contributed by atoms with E-state index < -0.39 is 10.0 Å². The fourth-order valence-corrected chi connectivity index (χ4v) is 5.24. The van der Waals surface area contributed by atoms with Crippen LogP contribution in [0.25, 0.3) is 0 Å². The number of rotatable bonds is 6. The van der Waals surface area contributed by atoms with Gasteiger partial charge in [0.1, 0.15) is 5.75 Å². The van der Waals surface area contributed by atoms with Crippen LogP contribution in [0.15, 0.2) is 42.5 Å². The molecule has 1 aliphatic rings. The zero-order valence-electron chi connectivity index (χ0n) is 16.5. The highest BCUT2D eigenvalue weighted by atomic mass is 35.5. The summed E-state index contributed by atoms with van der Waals surface area (Å²) in [6, 6.07) is 12.5. The Morgan fingerprint density at radius 1 is 1.21 bits per heavy atom. The van der Waals surface area contributed by atoms with Crippen molar-refractivity contribution in [3.05, 3.63) is 58.6 Å². The van der Waals surface area contributed by atoms with Gasteiger partial charge in [-0.25, -0.2) is 12.7 Å². The van der Waals surface area contributed by atoms with Gasteiger partial charge < -0.3 is 10.1 Å². The van der Waals surface area contributed by atoms with Crippen LogP contribution < -0.4 is 10.1 Å². The minimum Gasteiger partial charge on any atom is -0.495 e. The number of nitrogens with one attached hydrogen (secondary N) is 1. The molecule has 3 rings (SSSR count). The molecule has 1 heterocycles. The van der Waals surface area contributed by atoms with Crippen molar-refractivity contribution in [1.82, 2.24) is 4.31 Å². The molecular weight excluding hydrogens is 412 g/mol. The van der Waals surface area contributed by atoms with Gasteiger partial charge >= 0.3 is 0 Å². The normalized spacial score (nSPS) is 15.8. The highest BCUT2D eigenvalue weighted by Gasteiger charge is 2.31. The van der Waals surface area contributed by atoms with Gasteiger partial charge in [-0.2, -0.15) is 0 Å². The molecule has 2 aromatic rings. The second kappa shape index (κ2) is 9.15. The van der Waals surface area contributed by atoms with Gasteiger partial charge in [-0.05, 0) is 43.5 Å².